The van der Waals surface area contributed by atoms with Crippen LogP contribution in [-0.4, -0.2) is 24.0 Å². The van der Waals surface area contributed by atoms with E-state index in [0.717, 1.165) is 17.8 Å². The number of hydrogen-bond acceptors (Lipinski definition) is 5. The van der Waals surface area contributed by atoms with Crippen molar-refractivity contribution in [1.29, 1.82) is 0 Å². The van der Waals surface area contributed by atoms with E-state index >= 15 is 0 Å². The third-order valence-corrected chi connectivity index (χ3v) is 3.80. The standard InChI is InChI=1S/C18H20ClN3O4/c1-2-20-12-13-5-3-4-6-15(13)21-18(23)9-10-26-17-8-7-14(19)11-16(17)22(24)25/h3-8,11,20H,2,9-10,12H2,1H3,(H,21,23). The van der Waals surface area contributed by atoms with E-state index in [1.165, 1.54) is 18.2 Å². The van der Waals surface area contributed by atoms with Crippen molar-refractivity contribution >= 4 is 28.9 Å². The molecule has 1 amide bonds. The molecule has 0 spiro atoms. The number of carbonyl (C=O) groups is 1. The van der Waals surface area contributed by atoms with Crippen molar-refractivity contribution in [2.75, 3.05) is 18.5 Å². The quantitative estimate of drug-likeness (QED) is 0.512. The predicted octanol–water partition coefficient (Wildman–Crippen LogP) is 3.77. The average Bonchev–Trinajstić information content (AvgIpc) is 2.62. The minimum Gasteiger partial charge on any atom is -0.486 e. The van der Waals surface area contributed by atoms with Crippen LogP contribution in [-0.2, 0) is 11.3 Å². The SMILES string of the molecule is CCNCc1ccccc1NC(=O)CCOc1ccc(Cl)cc1[N+](=O)[O-]. The lowest BCUT2D eigenvalue weighted by molar-refractivity contribution is -0.385. The molecule has 0 heterocycles. The first-order chi connectivity index (χ1) is 12.5. The van der Waals surface area contributed by atoms with Crippen LogP contribution in [0.25, 0.3) is 0 Å². The van der Waals surface area contributed by atoms with Crippen LogP contribution in [0.4, 0.5) is 11.4 Å². The van der Waals surface area contributed by atoms with Crippen LogP contribution >= 0.6 is 11.6 Å². The molecule has 0 atom stereocenters. The number of anilines is 1. The van der Waals surface area contributed by atoms with Gasteiger partial charge < -0.3 is 15.4 Å². The monoisotopic (exact) mass is 377 g/mol. The highest BCUT2D eigenvalue weighted by Gasteiger charge is 2.16. The van der Waals surface area contributed by atoms with E-state index < -0.39 is 4.92 Å². The zero-order valence-corrected chi connectivity index (χ0v) is 15.1. The fraction of sp³-hybridized carbons (Fsp3) is 0.278. The Morgan fingerprint density at radius 3 is 2.77 bits per heavy atom. The highest BCUT2D eigenvalue weighted by molar-refractivity contribution is 6.30. The van der Waals surface area contributed by atoms with E-state index in [0.29, 0.717) is 6.54 Å². The summed E-state index contributed by atoms with van der Waals surface area (Å²) in [6.07, 6.45) is 0.0648. The number of amides is 1. The van der Waals surface area contributed by atoms with E-state index in [1.54, 1.807) is 0 Å². The summed E-state index contributed by atoms with van der Waals surface area (Å²) in [5.74, 6) is -0.148. The molecule has 0 aliphatic carbocycles. The van der Waals surface area contributed by atoms with Gasteiger partial charge in [-0.15, -0.1) is 0 Å². The smallest absolute Gasteiger partial charge is 0.312 e. The van der Waals surface area contributed by atoms with Crippen molar-refractivity contribution in [1.82, 2.24) is 5.32 Å². The molecule has 0 radical (unpaired) electrons. The second kappa shape index (κ2) is 9.74. The molecule has 138 valence electrons. The molecule has 0 bridgehead atoms. The first kappa shape index (κ1) is 19.7. The van der Waals surface area contributed by atoms with Crippen molar-refractivity contribution in [3.63, 3.8) is 0 Å². The molecule has 0 aromatic heterocycles. The Labute approximate surface area is 156 Å². The lowest BCUT2D eigenvalue weighted by Gasteiger charge is -2.12. The molecule has 2 aromatic carbocycles. The Morgan fingerprint density at radius 1 is 1.27 bits per heavy atom. The van der Waals surface area contributed by atoms with Gasteiger partial charge in [0.15, 0.2) is 5.75 Å². The number of nitrogens with one attached hydrogen (secondary N) is 2. The minimum absolute atomic E-state index is 0.0175. The molecule has 2 N–H and O–H groups in total. The van der Waals surface area contributed by atoms with Gasteiger partial charge in [-0.25, -0.2) is 0 Å². The van der Waals surface area contributed by atoms with E-state index in [4.69, 9.17) is 16.3 Å². The number of nitrogens with zero attached hydrogens (tertiary/aromatic N) is 1. The molecular formula is C18H20ClN3O4. The van der Waals surface area contributed by atoms with Gasteiger partial charge in [0.1, 0.15) is 0 Å². The molecule has 0 aliphatic heterocycles. The number of nitro groups is 1. The third-order valence-electron chi connectivity index (χ3n) is 3.56. The van der Waals surface area contributed by atoms with E-state index in [9.17, 15) is 14.9 Å². The van der Waals surface area contributed by atoms with Gasteiger partial charge in [0, 0.05) is 23.3 Å². The topological polar surface area (TPSA) is 93.5 Å². The molecule has 0 aliphatic rings. The van der Waals surface area contributed by atoms with Gasteiger partial charge in [0.2, 0.25) is 5.91 Å². The second-order valence-electron chi connectivity index (χ2n) is 5.45. The summed E-state index contributed by atoms with van der Waals surface area (Å²) in [5.41, 5.74) is 1.49. The fourth-order valence-corrected chi connectivity index (χ4v) is 2.44. The number of benzene rings is 2. The number of carbonyl (C=O) groups excluding carboxylic acids is 1. The summed E-state index contributed by atoms with van der Waals surface area (Å²) in [4.78, 5) is 22.6. The van der Waals surface area contributed by atoms with Gasteiger partial charge in [0.05, 0.1) is 18.0 Å². The average molecular weight is 378 g/mol. The number of halogens is 1. The molecule has 8 heteroatoms. The summed E-state index contributed by atoms with van der Waals surface area (Å²) >= 11 is 5.76. The van der Waals surface area contributed by atoms with Crippen LogP contribution in [0.1, 0.15) is 18.9 Å². The Bertz CT molecular complexity index is 783. The molecular weight excluding hydrogens is 358 g/mol. The minimum atomic E-state index is -0.571. The number of ether oxygens (including phenoxy) is 1. The Balaban J connectivity index is 1.91. The first-order valence-corrected chi connectivity index (χ1v) is 8.54. The fourth-order valence-electron chi connectivity index (χ4n) is 2.28. The van der Waals surface area contributed by atoms with Gasteiger partial charge in [-0.05, 0) is 30.3 Å². The number of hydrogen-bond donors (Lipinski definition) is 2. The zero-order chi connectivity index (χ0) is 18.9. The molecule has 26 heavy (non-hydrogen) atoms. The molecule has 0 saturated carbocycles. The summed E-state index contributed by atoms with van der Waals surface area (Å²) in [6, 6.07) is 11.7. The Kier molecular flexibility index (Phi) is 7.37. The maximum absolute atomic E-state index is 12.1. The second-order valence-corrected chi connectivity index (χ2v) is 5.89. The zero-order valence-electron chi connectivity index (χ0n) is 14.3. The van der Waals surface area contributed by atoms with Crippen molar-refractivity contribution in [2.45, 2.75) is 19.9 Å². The Hall–Kier alpha value is -2.64. The van der Waals surface area contributed by atoms with Crippen LogP contribution in [0.2, 0.25) is 5.02 Å². The van der Waals surface area contributed by atoms with E-state index in [-0.39, 0.29) is 35.4 Å². The highest BCUT2D eigenvalue weighted by atomic mass is 35.5. The highest BCUT2D eigenvalue weighted by Crippen LogP contribution is 2.29. The van der Waals surface area contributed by atoms with Crippen molar-refractivity contribution < 1.29 is 14.5 Å². The largest absolute Gasteiger partial charge is 0.486 e. The van der Waals surface area contributed by atoms with Crippen LogP contribution in [0.3, 0.4) is 0 Å². The molecule has 2 aromatic rings. The van der Waals surface area contributed by atoms with Gasteiger partial charge >= 0.3 is 5.69 Å². The molecule has 0 fully saturated rings. The van der Waals surface area contributed by atoms with E-state index in [2.05, 4.69) is 10.6 Å². The number of nitro benzene ring substituents is 1. The number of para-hydroxylation sites is 1. The van der Waals surface area contributed by atoms with Gasteiger partial charge in [-0.1, -0.05) is 36.7 Å². The van der Waals surface area contributed by atoms with Crippen molar-refractivity contribution in [2.24, 2.45) is 0 Å². The summed E-state index contributed by atoms with van der Waals surface area (Å²) in [6.45, 7) is 3.51. The summed E-state index contributed by atoms with van der Waals surface area (Å²) < 4.78 is 5.38. The third kappa shape index (κ3) is 5.72. The lowest BCUT2D eigenvalue weighted by Crippen LogP contribution is -2.18. The van der Waals surface area contributed by atoms with Gasteiger partial charge in [-0.3, -0.25) is 14.9 Å². The van der Waals surface area contributed by atoms with Crippen LogP contribution < -0.4 is 15.4 Å². The van der Waals surface area contributed by atoms with Gasteiger partial charge in [0.25, 0.3) is 0 Å². The molecule has 0 saturated heterocycles. The summed E-state index contributed by atoms with van der Waals surface area (Å²) in [7, 11) is 0. The first-order valence-electron chi connectivity index (χ1n) is 8.16. The molecule has 2 rings (SSSR count). The van der Waals surface area contributed by atoms with Crippen LogP contribution in [0.5, 0.6) is 5.75 Å². The van der Waals surface area contributed by atoms with Crippen LogP contribution in [0, 0.1) is 10.1 Å². The Morgan fingerprint density at radius 2 is 2.04 bits per heavy atom. The maximum Gasteiger partial charge on any atom is 0.312 e. The summed E-state index contributed by atoms with van der Waals surface area (Å²) in [5, 5.41) is 17.3. The van der Waals surface area contributed by atoms with Crippen molar-refractivity contribution in [3.05, 3.63) is 63.2 Å². The van der Waals surface area contributed by atoms with Crippen LogP contribution in [0.15, 0.2) is 42.5 Å². The maximum atomic E-state index is 12.1. The lowest BCUT2D eigenvalue weighted by atomic mass is 10.1. The van der Waals surface area contributed by atoms with E-state index in [1.807, 2.05) is 31.2 Å². The van der Waals surface area contributed by atoms with Crippen molar-refractivity contribution in [3.8, 4) is 5.75 Å². The molecule has 0 unspecified atom stereocenters. The predicted molar refractivity (Wildman–Crippen MR) is 101 cm³/mol. The normalized spacial score (nSPS) is 10.4. The van der Waals surface area contributed by atoms with Gasteiger partial charge in [-0.2, -0.15) is 0 Å². The number of rotatable bonds is 9. The molecule has 7 nitrogen and oxygen atoms in total.